The van der Waals surface area contributed by atoms with Gasteiger partial charge in [-0.05, 0) is 24.3 Å². The summed E-state index contributed by atoms with van der Waals surface area (Å²) in [6.45, 7) is -0.359. The van der Waals surface area contributed by atoms with Crippen LogP contribution in [0, 0.1) is 11.6 Å². The summed E-state index contributed by atoms with van der Waals surface area (Å²) in [5, 5.41) is 24.7. The Kier molecular flexibility index (Phi) is 3.64. The maximum Gasteiger partial charge on any atom is 0.360 e. The van der Waals surface area contributed by atoms with Crippen molar-refractivity contribution in [3.8, 4) is 5.82 Å². The van der Waals surface area contributed by atoms with Crippen LogP contribution in [0.4, 0.5) is 8.78 Å². The topological polar surface area (TPSA) is 98.7 Å². The second kappa shape index (κ2) is 5.99. The van der Waals surface area contributed by atoms with Gasteiger partial charge in [0, 0.05) is 5.56 Å². The summed E-state index contributed by atoms with van der Waals surface area (Å²) < 4.78 is 30.3. The lowest BCUT2D eigenvalue weighted by Crippen LogP contribution is -2.14. The molecule has 8 nitrogen and oxygen atoms in total. The van der Waals surface area contributed by atoms with Crippen molar-refractivity contribution in [2.24, 2.45) is 0 Å². The lowest BCUT2D eigenvalue weighted by Gasteiger charge is -2.09. The van der Waals surface area contributed by atoms with Crippen LogP contribution in [0.15, 0.2) is 42.5 Å². The number of aromatic nitrogens is 6. The van der Waals surface area contributed by atoms with Crippen LogP contribution in [-0.2, 0) is 6.54 Å². The lowest BCUT2D eigenvalue weighted by molar-refractivity contribution is 0.0690. The highest BCUT2D eigenvalue weighted by Crippen LogP contribution is 2.21. The number of carboxylic acid groups (broad SMARTS) is 1. The number of halogens is 2. The molecule has 2 heterocycles. The van der Waals surface area contributed by atoms with Gasteiger partial charge in [0.2, 0.25) is 5.69 Å². The first-order chi connectivity index (χ1) is 12.6. The number of hydrogen-bond donors (Lipinski definition) is 1. The van der Waals surface area contributed by atoms with Gasteiger partial charge in [-0.25, -0.2) is 18.3 Å². The Morgan fingerprint density at radius 2 is 1.73 bits per heavy atom. The number of nitrogens with zero attached hydrogens (tertiary/aromatic N) is 6. The molecule has 4 rings (SSSR count). The van der Waals surface area contributed by atoms with E-state index in [1.165, 1.54) is 10.7 Å². The highest BCUT2D eigenvalue weighted by atomic mass is 19.1. The van der Waals surface area contributed by atoms with Crippen LogP contribution in [0.1, 0.15) is 16.1 Å². The molecule has 4 aromatic rings. The molecule has 0 aliphatic rings. The predicted octanol–water partition coefficient (Wildman–Crippen LogP) is 2.04. The van der Waals surface area contributed by atoms with Crippen molar-refractivity contribution in [3.05, 3.63) is 65.4 Å². The highest BCUT2D eigenvalue weighted by Gasteiger charge is 2.24. The number of carbonyl (C=O) groups is 1. The third kappa shape index (κ3) is 2.48. The number of rotatable bonds is 4. The molecule has 0 aliphatic heterocycles. The summed E-state index contributed by atoms with van der Waals surface area (Å²) in [6, 6.07) is 10.3. The van der Waals surface area contributed by atoms with E-state index in [2.05, 4.69) is 20.6 Å². The normalized spacial score (nSPS) is 11.2. The van der Waals surface area contributed by atoms with Gasteiger partial charge in [-0.15, -0.1) is 10.2 Å². The summed E-state index contributed by atoms with van der Waals surface area (Å²) in [5.41, 5.74) is 0.360. The number of para-hydroxylation sites is 1. The molecule has 0 saturated heterocycles. The molecule has 0 bridgehead atoms. The summed E-state index contributed by atoms with van der Waals surface area (Å²) in [4.78, 5) is 11.5. The SMILES string of the molecule is O=C(O)c1nnn(Cc2c(F)cccc2F)c1-n1nnc2ccccc21. The summed E-state index contributed by atoms with van der Waals surface area (Å²) >= 11 is 0. The van der Waals surface area contributed by atoms with Gasteiger partial charge in [-0.1, -0.05) is 28.6 Å². The van der Waals surface area contributed by atoms with Gasteiger partial charge in [0.05, 0.1) is 12.1 Å². The third-order valence-corrected chi connectivity index (χ3v) is 3.83. The second-order valence-corrected chi connectivity index (χ2v) is 5.41. The van der Waals surface area contributed by atoms with Crippen LogP contribution < -0.4 is 0 Å². The molecule has 0 unspecified atom stereocenters. The van der Waals surface area contributed by atoms with Crippen molar-refractivity contribution in [2.75, 3.05) is 0 Å². The fourth-order valence-electron chi connectivity index (χ4n) is 2.62. The van der Waals surface area contributed by atoms with Crippen molar-refractivity contribution in [3.63, 3.8) is 0 Å². The molecule has 1 N–H and O–H groups in total. The standard InChI is InChI=1S/C16H10F2N6O2/c17-10-4-3-5-11(18)9(10)8-23-15(14(16(25)26)20-21-23)24-13-7-2-1-6-12(13)19-22-24/h1-7H,8H2,(H,25,26). The fourth-order valence-corrected chi connectivity index (χ4v) is 2.62. The minimum Gasteiger partial charge on any atom is -0.476 e. The smallest absolute Gasteiger partial charge is 0.360 e. The van der Waals surface area contributed by atoms with Crippen molar-refractivity contribution < 1.29 is 18.7 Å². The zero-order valence-corrected chi connectivity index (χ0v) is 13.0. The molecule has 0 aliphatic carbocycles. The van der Waals surface area contributed by atoms with Gasteiger partial charge in [-0.3, -0.25) is 0 Å². The largest absolute Gasteiger partial charge is 0.476 e. The molecule has 26 heavy (non-hydrogen) atoms. The number of fused-ring (bicyclic) bond motifs is 1. The second-order valence-electron chi connectivity index (χ2n) is 5.41. The highest BCUT2D eigenvalue weighted by molar-refractivity contribution is 5.89. The Bertz CT molecular complexity index is 1120. The van der Waals surface area contributed by atoms with E-state index in [1.54, 1.807) is 24.3 Å². The van der Waals surface area contributed by atoms with E-state index in [4.69, 9.17) is 0 Å². The van der Waals surface area contributed by atoms with Crippen LogP contribution in [-0.4, -0.2) is 41.1 Å². The van der Waals surface area contributed by atoms with Crippen molar-refractivity contribution in [2.45, 2.75) is 6.54 Å². The molecule has 0 amide bonds. The van der Waals surface area contributed by atoms with E-state index in [1.807, 2.05) is 0 Å². The average molecular weight is 356 g/mol. The molecule has 2 aromatic carbocycles. The first kappa shape index (κ1) is 15.8. The third-order valence-electron chi connectivity index (χ3n) is 3.83. The summed E-state index contributed by atoms with van der Waals surface area (Å²) in [7, 11) is 0. The van der Waals surface area contributed by atoms with Crippen molar-refractivity contribution >= 4 is 17.0 Å². The Labute approximate surface area is 144 Å². The van der Waals surface area contributed by atoms with Crippen LogP contribution in [0.2, 0.25) is 0 Å². The van der Waals surface area contributed by atoms with Gasteiger partial charge < -0.3 is 5.11 Å². The van der Waals surface area contributed by atoms with Gasteiger partial charge in [0.1, 0.15) is 17.2 Å². The Morgan fingerprint density at radius 1 is 1.00 bits per heavy atom. The quantitative estimate of drug-likeness (QED) is 0.601. The molecule has 0 spiro atoms. The van der Waals surface area contributed by atoms with E-state index in [9.17, 15) is 18.7 Å². The summed E-state index contributed by atoms with van der Waals surface area (Å²) in [6.07, 6.45) is 0. The molecule has 130 valence electrons. The van der Waals surface area contributed by atoms with E-state index >= 15 is 0 Å². The average Bonchev–Trinajstić information content (AvgIpc) is 3.22. The predicted molar refractivity (Wildman–Crippen MR) is 84.9 cm³/mol. The van der Waals surface area contributed by atoms with E-state index in [0.29, 0.717) is 11.0 Å². The lowest BCUT2D eigenvalue weighted by atomic mass is 10.2. The maximum atomic E-state index is 14.0. The maximum absolute atomic E-state index is 14.0. The molecular formula is C16H10F2N6O2. The zero-order valence-electron chi connectivity index (χ0n) is 13.0. The van der Waals surface area contributed by atoms with Gasteiger partial charge in [0.25, 0.3) is 0 Å². The van der Waals surface area contributed by atoms with E-state index in [0.717, 1.165) is 16.8 Å². The molecular weight excluding hydrogens is 346 g/mol. The number of carboxylic acids is 1. The molecule has 0 atom stereocenters. The van der Waals surface area contributed by atoms with Gasteiger partial charge in [0.15, 0.2) is 5.82 Å². The van der Waals surface area contributed by atoms with Crippen LogP contribution in [0.3, 0.4) is 0 Å². The number of benzene rings is 2. The van der Waals surface area contributed by atoms with Gasteiger partial charge >= 0.3 is 5.97 Å². The monoisotopic (exact) mass is 356 g/mol. The number of hydrogen-bond acceptors (Lipinski definition) is 5. The molecule has 0 fully saturated rings. The summed E-state index contributed by atoms with van der Waals surface area (Å²) in [5.74, 6) is -2.94. The zero-order chi connectivity index (χ0) is 18.3. The van der Waals surface area contributed by atoms with Crippen LogP contribution >= 0.6 is 0 Å². The first-order valence-corrected chi connectivity index (χ1v) is 7.46. The fraction of sp³-hybridized carbons (Fsp3) is 0.0625. The molecule has 2 aromatic heterocycles. The van der Waals surface area contributed by atoms with Crippen molar-refractivity contribution in [1.82, 2.24) is 30.0 Å². The molecule has 10 heteroatoms. The van der Waals surface area contributed by atoms with E-state index in [-0.39, 0.29) is 17.9 Å². The minimum absolute atomic E-state index is 0.0474. The Hall–Kier alpha value is -3.69. The first-order valence-electron chi connectivity index (χ1n) is 7.46. The van der Waals surface area contributed by atoms with Crippen molar-refractivity contribution in [1.29, 1.82) is 0 Å². The van der Waals surface area contributed by atoms with E-state index < -0.39 is 23.3 Å². The number of aromatic carboxylic acids is 1. The molecule has 0 radical (unpaired) electrons. The van der Waals surface area contributed by atoms with Crippen LogP contribution in [0.25, 0.3) is 16.9 Å². The van der Waals surface area contributed by atoms with Gasteiger partial charge in [-0.2, -0.15) is 4.68 Å². The minimum atomic E-state index is -1.35. The Balaban J connectivity index is 1.91. The molecule has 0 saturated carbocycles. The van der Waals surface area contributed by atoms with Crippen LogP contribution in [0.5, 0.6) is 0 Å². The Morgan fingerprint density at radius 3 is 2.46 bits per heavy atom.